The quantitative estimate of drug-likeness (QED) is 0.721. The molecule has 0 amide bonds. The molecule has 3 aliphatic rings. The lowest BCUT2D eigenvalue weighted by molar-refractivity contribution is -0.223. The second-order valence-corrected chi connectivity index (χ2v) is 9.24. The van der Waals surface area contributed by atoms with Gasteiger partial charge in [-0.3, -0.25) is 0 Å². The van der Waals surface area contributed by atoms with E-state index in [4.69, 9.17) is 35.9 Å². The number of fused-ring (bicyclic) bond motifs is 1. The number of hydrogen-bond acceptors (Lipinski definition) is 6. The Hall–Kier alpha value is -1.29. The van der Waals surface area contributed by atoms with Crippen LogP contribution in [-0.4, -0.2) is 53.9 Å². The lowest BCUT2D eigenvalue weighted by atomic mass is 10.0. The maximum atomic E-state index is 6.21. The zero-order chi connectivity index (χ0) is 21.0. The van der Waals surface area contributed by atoms with Gasteiger partial charge in [0.25, 0.3) is 0 Å². The van der Waals surface area contributed by atoms with Crippen molar-refractivity contribution in [2.75, 3.05) is 11.9 Å². The summed E-state index contributed by atoms with van der Waals surface area (Å²) in [6, 6.07) is 5.89. The molecule has 1 aromatic carbocycles. The van der Waals surface area contributed by atoms with Crippen LogP contribution in [0.3, 0.4) is 0 Å². The Morgan fingerprint density at radius 2 is 1.69 bits per heavy atom. The Bertz CT molecular complexity index is 779. The van der Waals surface area contributed by atoms with Gasteiger partial charge < -0.3 is 34.3 Å². The van der Waals surface area contributed by atoms with E-state index in [2.05, 4.69) is 36.6 Å². The molecular formula is C21H30N2O5S. The number of ether oxygens (including phenoxy) is 5. The van der Waals surface area contributed by atoms with Gasteiger partial charge in [0.05, 0.1) is 12.6 Å². The van der Waals surface area contributed by atoms with Crippen LogP contribution < -0.4 is 10.6 Å². The van der Waals surface area contributed by atoms with Crippen molar-refractivity contribution in [1.82, 2.24) is 5.32 Å². The van der Waals surface area contributed by atoms with Gasteiger partial charge in [-0.05, 0) is 64.9 Å². The van der Waals surface area contributed by atoms with Crippen LogP contribution in [0.25, 0.3) is 0 Å². The fourth-order valence-electron chi connectivity index (χ4n) is 4.21. The average Bonchev–Trinajstić information content (AvgIpc) is 3.21. The summed E-state index contributed by atoms with van der Waals surface area (Å²) >= 11 is 5.64. The van der Waals surface area contributed by atoms with E-state index in [1.165, 1.54) is 0 Å². The molecule has 3 fully saturated rings. The second-order valence-electron chi connectivity index (χ2n) is 8.83. The van der Waals surface area contributed by atoms with Gasteiger partial charge in [0.1, 0.15) is 18.3 Å². The number of hydrogen-bond donors (Lipinski definition) is 2. The summed E-state index contributed by atoms with van der Waals surface area (Å²) in [6.45, 7) is 12.1. The molecule has 0 radical (unpaired) electrons. The first-order chi connectivity index (χ1) is 13.5. The average molecular weight is 423 g/mol. The molecule has 1 unspecified atom stereocenters. The minimum atomic E-state index is -0.714. The summed E-state index contributed by atoms with van der Waals surface area (Å²) in [5.41, 5.74) is 3.26. The van der Waals surface area contributed by atoms with E-state index in [0.717, 1.165) is 16.8 Å². The largest absolute Gasteiger partial charge is 0.354 e. The lowest BCUT2D eigenvalue weighted by Crippen LogP contribution is -2.53. The first-order valence-corrected chi connectivity index (χ1v) is 10.4. The van der Waals surface area contributed by atoms with E-state index in [0.29, 0.717) is 11.7 Å². The van der Waals surface area contributed by atoms with Crippen molar-refractivity contribution < 1.29 is 23.7 Å². The number of anilines is 1. The van der Waals surface area contributed by atoms with Crippen molar-refractivity contribution >= 4 is 23.0 Å². The predicted octanol–water partition coefficient (Wildman–Crippen LogP) is 2.99. The number of nitrogens with one attached hydrogen (secondary N) is 2. The number of benzene rings is 1. The first-order valence-electron chi connectivity index (χ1n) is 10.0. The number of para-hydroxylation sites is 1. The zero-order valence-corrected chi connectivity index (χ0v) is 18.6. The van der Waals surface area contributed by atoms with Crippen LogP contribution in [0.2, 0.25) is 0 Å². The molecule has 7 nitrogen and oxygen atoms in total. The van der Waals surface area contributed by atoms with Gasteiger partial charge in [-0.2, -0.15) is 0 Å². The van der Waals surface area contributed by atoms with Gasteiger partial charge in [-0.25, -0.2) is 0 Å². The zero-order valence-electron chi connectivity index (χ0n) is 17.8. The van der Waals surface area contributed by atoms with E-state index >= 15 is 0 Å². The molecule has 1 aromatic rings. The standard InChI is InChI=1S/C21H30N2O5S/c1-11-8-7-9-12(2)14(11)22-19(29)23-15-16(13-10-24-20(3,4)26-13)25-18-17(15)27-21(5,6)28-18/h7-9,13,15-18H,10H2,1-6H3,(H2,22,23,29)/t13?,15-,16-,17-,18-/m1/s1. The first kappa shape index (κ1) is 21.0. The van der Waals surface area contributed by atoms with Gasteiger partial charge >= 0.3 is 0 Å². The van der Waals surface area contributed by atoms with Gasteiger partial charge in [-0.1, -0.05) is 18.2 Å². The lowest BCUT2D eigenvalue weighted by Gasteiger charge is -2.30. The normalized spacial score (nSPS) is 34.8. The molecule has 2 N–H and O–H groups in total. The van der Waals surface area contributed by atoms with Crippen LogP contribution in [0.4, 0.5) is 5.69 Å². The van der Waals surface area contributed by atoms with E-state index in [9.17, 15) is 0 Å². The Labute approximate surface area is 177 Å². The molecule has 0 spiro atoms. The van der Waals surface area contributed by atoms with Crippen molar-refractivity contribution in [3.63, 3.8) is 0 Å². The van der Waals surface area contributed by atoms with E-state index in [-0.39, 0.29) is 24.4 Å². The second kappa shape index (κ2) is 7.44. The van der Waals surface area contributed by atoms with Crippen LogP contribution in [0, 0.1) is 13.8 Å². The Morgan fingerprint density at radius 3 is 2.31 bits per heavy atom. The molecule has 5 atom stereocenters. The molecule has 4 rings (SSSR count). The topological polar surface area (TPSA) is 70.2 Å². The predicted molar refractivity (Wildman–Crippen MR) is 113 cm³/mol. The third-order valence-electron chi connectivity index (χ3n) is 5.50. The molecule has 0 aromatic heterocycles. The molecule has 29 heavy (non-hydrogen) atoms. The molecular weight excluding hydrogens is 392 g/mol. The molecule has 3 saturated heterocycles. The van der Waals surface area contributed by atoms with Crippen molar-refractivity contribution in [3.8, 4) is 0 Å². The number of aryl methyl sites for hydroxylation is 2. The van der Waals surface area contributed by atoms with Gasteiger partial charge in [0.2, 0.25) is 0 Å². The Morgan fingerprint density at radius 1 is 1.00 bits per heavy atom. The van der Waals surface area contributed by atoms with E-state index in [1.54, 1.807) is 0 Å². The van der Waals surface area contributed by atoms with Crippen LogP contribution in [-0.2, 0) is 23.7 Å². The monoisotopic (exact) mass is 422 g/mol. The molecule has 160 valence electrons. The minimum absolute atomic E-state index is 0.242. The van der Waals surface area contributed by atoms with Gasteiger partial charge in [-0.15, -0.1) is 0 Å². The summed E-state index contributed by atoms with van der Waals surface area (Å²) < 4.78 is 30.1. The van der Waals surface area contributed by atoms with Crippen LogP contribution in [0.5, 0.6) is 0 Å². The Balaban J connectivity index is 1.52. The molecule has 0 bridgehead atoms. The highest BCUT2D eigenvalue weighted by molar-refractivity contribution is 7.80. The summed E-state index contributed by atoms with van der Waals surface area (Å²) in [4.78, 5) is 0. The molecule has 0 saturated carbocycles. The summed E-state index contributed by atoms with van der Waals surface area (Å²) in [6.07, 6.45) is -1.35. The summed E-state index contributed by atoms with van der Waals surface area (Å²) in [7, 11) is 0. The van der Waals surface area contributed by atoms with Crippen molar-refractivity contribution in [2.45, 2.75) is 83.8 Å². The summed E-state index contributed by atoms with van der Waals surface area (Å²) in [5, 5.41) is 7.24. The van der Waals surface area contributed by atoms with Crippen LogP contribution in [0.1, 0.15) is 38.8 Å². The molecule has 3 aliphatic heterocycles. The highest BCUT2D eigenvalue weighted by Gasteiger charge is 2.58. The van der Waals surface area contributed by atoms with E-state index < -0.39 is 17.9 Å². The van der Waals surface area contributed by atoms with Crippen molar-refractivity contribution in [1.29, 1.82) is 0 Å². The van der Waals surface area contributed by atoms with Crippen molar-refractivity contribution in [2.24, 2.45) is 0 Å². The SMILES string of the molecule is Cc1cccc(C)c1NC(=S)N[C@H]1[C@H]2OC(C)(C)O[C@H]2O[C@@H]1C1COC(C)(C)O1. The maximum Gasteiger partial charge on any atom is 0.189 e. The highest BCUT2D eigenvalue weighted by atomic mass is 32.1. The maximum absolute atomic E-state index is 6.21. The smallest absolute Gasteiger partial charge is 0.189 e. The van der Waals surface area contributed by atoms with Crippen LogP contribution >= 0.6 is 12.2 Å². The van der Waals surface area contributed by atoms with Gasteiger partial charge in [0.15, 0.2) is 23.0 Å². The number of thiocarbonyl (C=S) groups is 1. The Kier molecular flexibility index (Phi) is 5.38. The minimum Gasteiger partial charge on any atom is -0.354 e. The highest BCUT2D eigenvalue weighted by Crippen LogP contribution is 2.40. The third-order valence-corrected chi connectivity index (χ3v) is 5.72. The third kappa shape index (κ3) is 4.28. The fourth-order valence-corrected chi connectivity index (χ4v) is 4.44. The summed E-state index contributed by atoms with van der Waals surface area (Å²) in [5.74, 6) is -1.36. The van der Waals surface area contributed by atoms with Crippen molar-refractivity contribution in [3.05, 3.63) is 29.3 Å². The molecule has 3 heterocycles. The molecule has 0 aliphatic carbocycles. The van der Waals surface area contributed by atoms with Gasteiger partial charge in [0, 0.05) is 5.69 Å². The number of rotatable bonds is 3. The van der Waals surface area contributed by atoms with Crippen LogP contribution in [0.15, 0.2) is 18.2 Å². The fraction of sp³-hybridized carbons (Fsp3) is 0.667. The van der Waals surface area contributed by atoms with E-state index in [1.807, 2.05) is 33.8 Å². The molecule has 8 heteroatoms.